The van der Waals surface area contributed by atoms with Gasteiger partial charge in [0, 0.05) is 32.3 Å². The van der Waals surface area contributed by atoms with Crippen LogP contribution >= 0.6 is 0 Å². The number of guanidine groups is 1. The topological polar surface area (TPSA) is 78.4 Å². The van der Waals surface area contributed by atoms with E-state index < -0.39 is 0 Å². The molecule has 1 fully saturated rings. The van der Waals surface area contributed by atoms with Crippen molar-refractivity contribution in [3.8, 4) is 0 Å². The van der Waals surface area contributed by atoms with Gasteiger partial charge in [-0.1, -0.05) is 6.07 Å². The summed E-state index contributed by atoms with van der Waals surface area (Å²) in [6, 6.07) is 6.25. The summed E-state index contributed by atoms with van der Waals surface area (Å²) >= 11 is 0. The van der Waals surface area contributed by atoms with Gasteiger partial charge in [0.2, 0.25) is 5.91 Å². The molecule has 114 valence electrons. The number of carbonyl (C=O) groups excluding carboxylic acids is 1. The van der Waals surface area contributed by atoms with Gasteiger partial charge < -0.3 is 16.0 Å². The molecule has 0 unspecified atom stereocenters. The highest BCUT2D eigenvalue weighted by atomic mass is 16.1. The lowest BCUT2D eigenvalue weighted by Gasteiger charge is -2.11. The number of amides is 1. The molecule has 1 saturated carbocycles. The van der Waals surface area contributed by atoms with Gasteiger partial charge in [0.05, 0.1) is 12.2 Å². The fourth-order valence-corrected chi connectivity index (χ4v) is 1.88. The molecule has 2 rings (SSSR count). The van der Waals surface area contributed by atoms with Crippen LogP contribution in [0.15, 0.2) is 29.4 Å². The van der Waals surface area contributed by atoms with Crippen molar-refractivity contribution < 1.29 is 4.79 Å². The molecule has 1 aromatic rings. The summed E-state index contributed by atoms with van der Waals surface area (Å²) in [4.78, 5) is 19.9. The number of hydrogen-bond donors (Lipinski definition) is 3. The Bertz CT molecular complexity index is 470. The third kappa shape index (κ3) is 6.25. The van der Waals surface area contributed by atoms with Gasteiger partial charge in [-0.25, -0.2) is 0 Å². The van der Waals surface area contributed by atoms with Crippen LogP contribution in [0.2, 0.25) is 0 Å². The fourth-order valence-electron chi connectivity index (χ4n) is 1.88. The van der Waals surface area contributed by atoms with E-state index in [2.05, 4.69) is 25.9 Å². The van der Waals surface area contributed by atoms with Gasteiger partial charge in [-0.05, 0) is 31.4 Å². The fraction of sp³-hybridized carbons (Fsp3) is 0.533. The Hall–Kier alpha value is -2.11. The number of hydrogen-bond acceptors (Lipinski definition) is 3. The largest absolute Gasteiger partial charge is 0.356 e. The predicted molar refractivity (Wildman–Crippen MR) is 82.8 cm³/mol. The molecule has 1 heterocycles. The number of nitrogens with one attached hydrogen (secondary N) is 3. The average Bonchev–Trinajstić information content (AvgIpc) is 3.31. The highest BCUT2D eigenvalue weighted by Crippen LogP contribution is 2.18. The van der Waals surface area contributed by atoms with Gasteiger partial charge in [-0.3, -0.25) is 14.8 Å². The first kappa shape index (κ1) is 15.3. The molecule has 1 aromatic heterocycles. The monoisotopic (exact) mass is 289 g/mol. The maximum atomic E-state index is 11.5. The van der Waals surface area contributed by atoms with Crippen molar-refractivity contribution in [3.05, 3.63) is 30.1 Å². The number of aromatic nitrogens is 1. The first-order valence-corrected chi connectivity index (χ1v) is 7.41. The summed E-state index contributed by atoms with van der Waals surface area (Å²) in [7, 11) is 1.73. The van der Waals surface area contributed by atoms with Crippen LogP contribution in [0.3, 0.4) is 0 Å². The van der Waals surface area contributed by atoms with E-state index in [1.807, 2.05) is 18.2 Å². The number of carbonyl (C=O) groups is 1. The van der Waals surface area contributed by atoms with Crippen molar-refractivity contribution >= 4 is 11.9 Å². The molecular weight excluding hydrogens is 266 g/mol. The minimum absolute atomic E-state index is 0.149. The third-order valence-corrected chi connectivity index (χ3v) is 3.20. The minimum atomic E-state index is 0.149. The van der Waals surface area contributed by atoms with Crippen LogP contribution in [0, 0.1) is 0 Å². The van der Waals surface area contributed by atoms with E-state index in [0.717, 1.165) is 37.5 Å². The highest BCUT2D eigenvalue weighted by Gasteiger charge is 2.22. The van der Waals surface area contributed by atoms with E-state index in [0.29, 0.717) is 19.0 Å². The zero-order valence-corrected chi connectivity index (χ0v) is 12.4. The van der Waals surface area contributed by atoms with Gasteiger partial charge in [0.15, 0.2) is 5.96 Å². The van der Waals surface area contributed by atoms with Crippen LogP contribution in [0.4, 0.5) is 0 Å². The second-order valence-electron chi connectivity index (χ2n) is 5.12. The van der Waals surface area contributed by atoms with Crippen molar-refractivity contribution in [1.29, 1.82) is 0 Å². The normalized spacial score (nSPS) is 14.6. The van der Waals surface area contributed by atoms with Gasteiger partial charge in [0.25, 0.3) is 0 Å². The molecule has 0 saturated heterocycles. The van der Waals surface area contributed by atoms with Gasteiger partial charge >= 0.3 is 0 Å². The number of pyridine rings is 1. The van der Waals surface area contributed by atoms with Crippen LogP contribution in [-0.2, 0) is 11.3 Å². The standard InChI is InChI=1S/C15H23N5O/c1-16-15(19-11-13-5-2-3-9-17-13)18-10-4-6-14(21)20-12-7-8-12/h2-3,5,9,12H,4,6-8,10-11H2,1H3,(H,20,21)(H2,16,18,19). The molecule has 0 radical (unpaired) electrons. The quantitative estimate of drug-likeness (QED) is 0.394. The van der Waals surface area contributed by atoms with Gasteiger partial charge in [0.1, 0.15) is 0 Å². The molecule has 0 aliphatic heterocycles. The van der Waals surface area contributed by atoms with E-state index in [1.165, 1.54) is 0 Å². The zero-order valence-electron chi connectivity index (χ0n) is 12.4. The zero-order chi connectivity index (χ0) is 14.9. The lowest BCUT2D eigenvalue weighted by atomic mass is 10.3. The molecule has 21 heavy (non-hydrogen) atoms. The summed E-state index contributed by atoms with van der Waals surface area (Å²) in [6.07, 6.45) is 5.39. The van der Waals surface area contributed by atoms with Gasteiger partial charge in [-0.2, -0.15) is 0 Å². The Morgan fingerprint density at radius 2 is 2.24 bits per heavy atom. The summed E-state index contributed by atoms with van der Waals surface area (Å²) < 4.78 is 0. The maximum Gasteiger partial charge on any atom is 0.220 e. The number of rotatable bonds is 7. The van der Waals surface area contributed by atoms with Crippen molar-refractivity contribution in [2.45, 2.75) is 38.3 Å². The molecule has 1 aliphatic carbocycles. The SMILES string of the molecule is CN=C(NCCCC(=O)NC1CC1)NCc1ccccn1. The van der Waals surface area contributed by atoms with Crippen LogP contribution in [0.1, 0.15) is 31.4 Å². The second kappa shape index (κ2) is 8.24. The van der Waals surface area contributed by atoms with Crippen molar-refractivity contribution in [2.75, 3.05) is 13.6 Å². The lowest BCUT2D eigenvalue weighted by Crippen LogP contribution is -2.37. The second-order valence-corrected chi connectivity index (χ2v) is 5.12. The average molecular weight is 289 g/mol. The number of aliphatic imine (C=N–C) groups is 1. The van der Waals surface area contributed by atoms with E-state index in [9.17, 15) is 4.79 Å². The van der Waals surface area contributed by atoms with E-state index in [4.69, 9.17) is 0 Å². The van der Waals surface area contributed by atoms with E-state index in [1.54, 1.807) is 13.2 Å². The Kier molecular flexibility index (Phi) is 5.99. The molecule has 3 N–H and O–H groups in total. The van der Waals surface area contributed by atoms with Gasteiger partial charge in [-0.15, -0.1) is 0 Å². The van der Waals surface area contributed by atoms with Crippen LogP contribution in [0.25, 0.3) is 0 Å². The summed E-state index contributed by atoms with van der Waals surface area (Å²) in [5.74, 6) is 0.874. The smallest absolute Gasteiger partial charge is 0.220 e. The third-order valence-electron chi connectivity index (χ3n) is 3.20. The molecule has 6 heteroatoms. The maximum absolute atomic E-state index is 11.5. The molecule has 1 aliphatic rings. The Morgan fingerprint density at radius 3 is 2.90 bits per heavy atom. The Morgan fingerprint density at radius 1 is 1.38 bits per heavy atom. The lowest BCUT2D eigenvalue weighted by molar-refractivity contribution is -0.121. The molecule has 1 amide bonds. The molecule has 0 bridgehead atoms. The minimum Gasteiger partial charge on any atom is -0.356 e. The highest BCUT2D eigenvalue weighted by molar-refractivity contribution is 5.79. The van der Waals surface area contributed by atoms with Crippen molar-refractivity contribution in [1.82, 2.24) is 20.9 Å². The predicted octanol–water partition coefficient (Wildman–Crippen LogP) is 0.805. The van der Waals surface area contributed by atoms with Crippen LogP contribution in [-0.4, -0.2) is 36.5 Å². The molecule has 0 atom stereocenters. The first-order chi connectivity index (χ1) is 10.3. The van der Waals surface area contributed by atoms with E-state index >= 15 is 0 Å². The number of nitrogens with zero attached hydrogens (tertiary/aromatic N) is 2. The molecule has 6 nitrogen and oxygen atoms in total. The summed E-state index contributed by atoms with van der Waals surface area (Å²) in [5.41, 5.74) is 0.962. The Balaban J connectivity index is 1.58. The van der Waals surface area contributed by atoms with E-state index in [-0.39, 0.29) is 5.91 Å². The van der Waals surface area contributed by atoms with Crippen molar-refractivity contribution in [2.24, 2.45) is 4.99 Å². The van der Waals surface area contributed by atoms with Crippen LogP contribution < -0.4 is 16.0 Å². The molecule has 0 spiro atoms. The Labute approximate surface area is 125 Å². The first-order valence-electron chi connectivity index (χ1n) is 7.41. The summed E-state index contributed by atoms with van der Waals surface area (Å²) in [6.45, 7) is 1.35. The molecular formula is C15H23N5O. The van der Waals surface area contributed by atoms with Crippen LogP contribution in [0.5, 0.6) is 0 Å². The summed E-state index contributed by atoms with van der Waals surface area (Å²) in [5, 5.41) is 9.37. The van der Waals surface area contributed by atoms with Crippen molar-refractivity contribution in [3.63, 3.8) is 0 Å². The molecule has 0 aromatic carbocycles.